The van der Waals surface area contributed by atoms with Crippen LogP contribution in [0.1, 0.15) is 20.8 Å². The molecule has 0 aromatic carbocycles. The highest BCUT2D eigenvalue weighted by Gasteiger charge is 2.58. The molecule has 1 amide bonds. The van der Waals surface area contributed by atoms with E-state index in [4.69, 9.17) is 22.7 Å². The van der Waals surface area contributed by atoms with Gasteiger partial charge in [0.1, 0.15) is 5.60 Å². The van der Waals surface area contributed by atoms with Gasteiger partial charge in [-0.2, -0.15) is 0 Å². The number of fused-ring (bicyclic) bond motifs is 1. The molecule has 5 heteroatoms. The number of thiocarbonyl (C=S) groups is 1. The van der Waals surface area contributed by atoms with E-state index in [0.717, 1.165) is 13.1 Å². The molecule has 90 valence electrons. The Morgan fingerprint density at radius 1 is 1.38 bits per heavy atom. The van der Waals surface area contributed by atoms with Gasteiger partial charge in [-0.05, 0) is 32.6 Å². The molecule has 2 aliphatic rings. The van der Waals surface area contributed by atoms with Gasteiger partial charge in [-0.15, -0.1) is 0 Å². The lowest BCUT2D eigenvalue weighted by Crippen LogP contribution is -2.37. The van der Waals surface area contributed by atoms with E-state index in [1.165, 1.54) is 0 Å². The third-order valence-electron chi connectivity index (χ3n) is 3.17. The Morgan fingerprint density at radius 3 is 2.25 bits per heavy atom. The molecule has 0 aromatic heterocycles. The predicted molar refractivity (Wildman–Crippen MR) is 65.1 cm³/mol. The molecule has 2 N–H and O–H groups in total. The number of hydrogen-bond acceptors (Lipinski definition) is 3. The Labute approximate surface area is 101 Å². The van der Waals surface area contributed by atoms with Crippen molar-refractivity contribution in [3.05, 3.63) is 0 Å². The zero-order valence-corrected chi connectivity index (χ0v) is 10.7. The molecular weight excluding hydrogens is 224 g/mol. The van der Waals surface area contributed by atoms with Crippen LogP contribution in [0.2, 0.25) is 0 Å². The van der Waals surface area contributed by atoms with Crippen LogP contribution in [0.25, 0.3) is 0 Å². The summed E-state index contributed by atoms with van der Waals surface area (Å²) in [5.41, 5.74) is 5.18. The minimum Gasteiger partial charge on any atom is -0.444 e. The number of carbonyl (C=O) groups is 1. The summed E-state index contributed by atoms with van der Waals surface area (Å²) in [6, 6.07) is 0. The monoisotopic (exact) mass is 242 g/mol. The molecule has 16 heavy (non-hydrogen) atoms. The average molecular weight is 242 g/mol. The first-order valence-electron chi connectivity index (χ1n) is 5.57. The fourth-order valence-corrected chi connectivity index (χ4v) is 2.77. The standard InChI is InChI=1S/C11H18N2O2S/c1-11(2,3)15-10(14)13-4-6-7(5-13)8(6)9(12)16/h6-8H,4-5H2,1-3H3,(H2,12,16)/t6-,7+,8?. The van der Waals surface area contributed by atoms with Crippen LogP contribution in [0.5, 0.6) is 0 Å². The highest BCUT2D eigenvalue weighted by Crippen LogP contribution is 2.51. The highest BCUT2D eigenvalue weighted by molar-refractivity contribution is 7.80. The highest BCUT2D eigenvalue weighted by atomic mass is 32.1. The summed E-state index contributed by atoms with van der Waals surface area (Å²) in [7, 11) is 0. The summed E-state index contributed by atoms with van der Waals surface area (Å²) in [4.78, 5) is 14.1. The lowest BCUT2D eigenvalue weighted by atomic mass is 10.2. The van der Waals surface area contributed by atoms with Crippen molar-refractivity contribution >= 4 is 23.3 Å². The van der Waals surface area contributed by atoms with Crippen molar-refractivity contribution in [2.75, 3.05) is 13.1 Å². The largest absolute Gasteiger partial charge is 0.444 e. The number of rotatable bonds is 1. The maximum absolute atomic E-state index is 11.7. The molecule has 1 heterocycles. The van der Waals surface area contributed by atoms with Gasteiger partial charge in [0.15, 0.2) is 0 Å². The predicted octanol–water partition coefficient (Wildman–Crippen LogP) is 1.39. The van der Waals surface area contributed by atoms with E-state index >= 15 is 0 Å². The lowest BCUT2D eigenvalue weighted by molar-refractivity contribution is 0.0270. The molecule has 0 bridgehead atoms. The number of likely N-dealkylation sites (tertiary alicyclic amines) is 1. The summed E-state index contributed by atoms with van der Waals surface area (Å²) in [6.45, 7) is 7.10. The molecule has 0 spiro atoms. The van der Waals surface area contributed by atoms with Gasteiger partial charge in [0.05, 0.1) is 4.99 Å². The van der Waals surface area contributed by atoms with Crippen LogP contribution in [-0.4, -0.2) is 34.7 Å². The Bertz CT molecular complexity index is 325. The first kappa shape index (κ1) is 11.6. The zero-order chi connectivity index (χ0) is 12.1. The van der Waals surface area contributed by atoms with Crippen LogP contribution in [0, 0.1) is 17.8 Å². The number of carbonyl (C=O) groups excluding carboxylic acids is 1. The molecular formula is C11H18N2O2S. The molecule has 2 fully saturated rings. The molecule has 2 rings (SSSR count). The van der Waals surface area contributed by atoms with Gasteiger partial charge in [0.2, 0.25) is 0 Å². The first-order valence-corrected chi connectivity index (χ1v) is 5.97. The van der Waals surface area contributed by atoms with Crippen molar-refractivity contribution in [1.82, 2.24) is 4.90 Å². The van der Waals surface area contributed by atoms with E-state index in [-0.39, 0.29) is 6.09 Å². The number of ether oxygens (including phenoxy) is 1. The first-order chi connectivity index (χ1) is 7.29. The van der Waals surface area contributed by atoms with Gasteiger partial charge in [-0.25, -0.2) is 4.79 Å². The van der Waals surface area contributed by atoms with Crippen LogP contribution < -0.4 is 5.73 Å². The third-order valence-corrected chi connectivity index (χ3v) is 3.45. The summed E-state index contributed by atoms with van der Waals surface area (Å²) >= 11 is 4.97. The molecule has 1 aliphatic carbocycles. The molecule has 3 atom stereocenters. The van der Waals surface area contributed by atoms with Gasteiger partial charge < -0.3 is 15.4 Å². The lowest BCUT2D eigenvalue weighted by Gasteiger charge is -2.25. The number of piperidine rings is 1. The van der Waals surface area contributed by atoms with Crippen LogP contribution in [0.3, 0.4) is 0 Å². The van der Waals surface area contributed by atoms with E-state index in [2.05, 4.69) is 0 Å². The second kappa shape index (κ2) is 3.58. The fraction of sp³-hybridized carbons (Fsp3) is 0.818. The summed E-state index contributed by atoms with van der Waals surface area (Å²) in [5.74, 6) is 1.31. The van der Waals surface area contributed by atoms with Crippen molar-refractivity contribution in [2.45, 2.75) is 26.4 Å². The van der Waals surface area contributed by atoms with E-state index < -0.39 is 5.60 Å². The van der Waals surface area contributed by atoms with E-state index in [9.17, 15) is 4.79 Å². The molecule has 1 saturated heterocycles. The van der Waals surface area contributed by atoms with E-state index in [1.54, 1.807) is 4.90 Å². The minimum absolute atomic E-state index is 0.221. The normalized spacial score (nSPS) is 32.2. The minimum atomic E-state index is -0.424. The van der Waals surface area contributed by atoms with Gasteiger partial charge in [0.25, 0.3) is 0 Å². The van der Waals surface area contributed by atoms with Crippen molar-refractivity contribution < 1.29 is 9.53 Å². The summed E-state index contributed by atoms with van der Waals surface area (Å²) in [6.07, 6.45) is -0.221. The Balaban J connectivity index is 1.85. The smallest absolute Gasteiger partial charge is 0.410 e. The Hall–Kier alpha value is -0.840. The maximum Gasteiger partial charge on any atom is 0.410 e. The Kier molecular flexibility index (Phi) is 2.61. The van der Waals surface area contributed by atoms with Gasteiger partial charge in [-0.3, -0.25) is 0 Å². The second-order valence-electron chi connectivity index (χ2n) is 5.64. The van der Waals surface area contributed by atoms with Crippen molar-refractivity contribution in [1.29, 1.82) is 0 Å². The maximum atomic E-state index is 11.7. The number of amides is 1. The third kappa shape index (κ3) is 2.14. The van der Waals surface area contributed by atoms with E-state index in [0.29, 0.717) is 22.7 Å². The van der Waals surface area contributed by atoms with E-state index in [1.807, 2.05) is 20.8 Å². The summed E-state index contributed by atoms with van der Waals surface area (Å²) < 4.78 is 5.31. The van der Waals surface area contributed by atoms with Crippen LogP contribution in [0.15, 0.2) is 0 Å². The van der Waals surface area contributed by atoms with Crippen LogP contribution in [0.4, 0.5) is 4.79 Å². The Morgan fingerprint density at radius 2 is 1.88 bits per heavy atom. The van der Waals surface area contributed by atoms with Crippen molar-refractivity contribution in [3.63, 3.8) is 0 Å². The molecule has 1 unspecified atom stereocenters. The molecule has 4 nitrogen and oxygen atoms in total. The molecule has 0 aromatic rings. The topological polar surface area (TPSA) is 55.6 Å². The van der Waals surface area contributed by atoms with Gasteiger partial charge in [-0.1, -0.05) is 12.2 Å². The van der Waals surface area contributed by atoms with Crippen molar-refractivity contribution in [3.8, 4) is 0 Å². The summed E-state index contributed by atoms with van der Waals surface area (Å²) in [5, 5.41) is 0. The van der Waals surface area contributed by atoms with Crippen LogP contribution in [-0.2, 0) is 4.74 Å². The van der Waals surface area contributed by atoms with Gasteiger partial charge >= 0.3 is 6.09 Å². The average Bonchev–Trinajstić information content (AvgIpc) is 2.60. The SMILES string of the molecule is CC(C)(C)OC(=O)N1C[C@@H]2C(C(N)=S)[C@@H]2C1. The molecule has 0 radical (unpaired) electrons. The van der Waals surface area contributed by atoms with Crippen LogP contribution >= 0.6 is 12.2 Å². The zero-order valence-electron chi connectivity index (χ0n) is 9.90. The number of hydrogen-bond donors (Lipinski definition) is 1. The fourth-order valence-electron chi connectivity index (χ4n) is 2.42. The number of nitrogens with zero attached hydrogens (tertiary/aromatic N) is 1. The molecule has 1 saturated carbocycles. The van der Waals surface area contributed by atoms with Crippen molar-refractivity contribution in [2.24, 2.45) is 23.5 Å². The quantitative estimate of drug-likeness (QED) is 0.706. The molecule has 1 aliphatic heterocycles. The second-order valence-corrected chi connectivity index (χ2v) is 6.11. The number of nitrogens with two attached hydrogens (primary N) is 1. The van der Waals surface area contributed by atoms with Gasteiger partial charge in [0, 0.05) is 19.0 Å².